The quantitative estimate of drug-likeness (QED) is 0.903. The number of hydrogen-bond donors (Lipinski definition) is 2. The Kier molecular flexibility index (Phi) is 4.15. The molecule has 0 aliphatic heterocycles. The number of anilines is 1. The highest BCUT2D eigenvalue weighted by atomic mass is 35.5. The fraction of sp³-hybridized carbons (Fsp3) is 0.167. The summed E-state index contributed by atoms with van der Waals surface area (Å²) in [6.45, 7) is 0.318. The smallest absolute Gasteiger partial charge is 0.185 e. The first-order valence-electron chi connectivity index (χ1n) is 5.24. The molecule has 2 rings (SSSR count). The highest BCUT2D eigenvalue weighted by Crippen LogP contribution is 2.26. The average Bonchev–Trinajstić information content (AvgIpc) is 2.77. The van der Waals surface area contributed by atoms with Gasteiger partial charge in [0.05, 0.1) is 6.10 Å². The summed E-state index contributed by atoms with van der Waals surface area (Å²) >= 11 is 6.92. The van der Waals surface area contributed by atoms with Crippen LogP contribution >= 0.6 is 22.9 Å². The summed E-state index contributed by atoms with van der Waals surface area (Å²) in [4.78, 5) is 4.36. The Balaban J connectivity index is 1.97. The molecule has 1 aromatic heterocycles. The van der Waals surface area contributed by atoms with Crippen LogP contribution in [0.4, 0.5) is 5.13 Å². The molecule has 18 heavy (non-hydrogen) atoms. The first-order chi connectivity index (χ1) is 8.70. The minimum Gasteiger partial charge on any atom is -0.387 e. The number of aliphatic hydroxyl groups is 1. The van der Waals surface area contributed by atoms with E-state index in [0.717, 1.165) is 5.56 Å². The van der Waals surface area contributed by atoms with E-state index in [1.807, 2.05) is 36.4 Å². The van der Waals surface area contributed by atoms with E-state index < -0.39 is 6.10 Å². The zero-order chi connectivity index (χ0) is 13.0. The number of nitrogens with zero attached hydrogens (tertiary/aromatic N) is 2. The van der Waals surface area contributed by atoms with Crippen molar-refractivity contribution in [2.24, 2.45) is 0 Å². The molecule has 1 unspecified atom stereocenters. The normalized spacial score (nSPS) is 11.8. The van der Waals surface area contributed by atoms with Crippen LogP contribution in [0.25, 0.3) is 0 Å². The number of nitriles is 1. The highest BCUT2D eigenvalue weighted by molar-refractivity contribution is 7.16. The number of aromatic nitrogens is 1. The van der Waals surface area contributed by atoms with Crippen LogP contribution in [0.2, 0.25) is 5.15 Å². The third kappa shape index (κ3) is 2.99. The molecule has 1 heterocycles. The van der Waals surface area contributed by atoms with Gasteiger partial charge in [0.25, 0.3) is 0 Å². The second-order valence-electron chi connectivity index (χ2n) is 3.56. The first kappa shape index (κ1) is 12.8. The Labute approximate surface area is 113 Å². The SMILES string of the molecule is N#Cc1sc(NCC(O)c2ccccc2)nc1Cl. The zero-order valence-corrected chi connectivity index (χ0v) is 10.9. The average molecular weight is 280 g/mol. The number of aliphatic hydroxyl groups excluding tert-OH is 1. The van der Waals surface area contributed by atoms with Crippen molar-refractivity contribution in [3.8, 4) is 6.07 Å². The van der Waals surface area contributed by atoms with Crippen LogP contribution in [0.15, 0.2) is 30.3 Å². The van der Waals surface area contributed by atoms with Crippen LogP contribution < -0.4 is 5.32 Å². The predicted octanol–water partition coefficient (Wildman–Crippen LogP) is 2.81. The lowest BCUT2D eigenvalue weighted by Gasteiger charge is -2.10. The monoisotopic (exact) mass is 279 g/mol. The summed E-state index contributed by atoms with van der Waals surface area (Å²) in [5.41, 5.74) is 0.827. The summed E-state index contributed by atoms with van der Waals surface area (Å²) in [5, 5.41) is 22.4. The molecule has 1 aromatic carbocycles. The van der Waals surface area contributed by atoms with Crippen molar-refractivity contribution in [1.82, 2.24) is 4.98 Å². The van der Waals surface area contributed by atoms with Crippen molar-refractivity contribution >= 4 is 28.1 Å². The van der Waals surface area contributed by atoms with Gasteiger partial charge in [0, 0.05) is 6.54 Å². The van der Waals surface area contributed by atoms with Crippen LogP contribution in [-0.4, -0.2) is 16.6 Å². The Hall–Kier alpha value is -1.61. The lowest BCUT2D eigenvalue weighted by molar-refractivity contribution is 0.191. The topological polar surface area (TPSA) is 68.9 Å². The summed E-state index contributed by atoms with van der Waals surface area (Å²) in [7, 11) is 0. The number of rotatable bonds is 4. The van der Waals surface area contributed by atoms with Gasteiger partial charge in [0.15, 0.2) is 10.3 Å². The van der Waals surface area contributed by atoms with E-state index in [0.29, 0.717) is 16.6 Å². The van der Waals surface area contributed by atoms with Gasteiger partial charge >= 0.3 is 0 Å². The molecule has 0 aliphatic rings. The standard InChI is InChI=1S/C12H10ClN3OS/c13-11-10(6-14)18-12(16-11)15-7-9(17)8-4-2-1-3-5-8/h1-5,9,17H,7H2,(H,15,16). The fourth-order valence-corrected chi connectivity index (χ4v) is 2.38. The molecule has 1 atom stereocenters. The Bertz CT molecular complexity index is 564. The number of halogens is 1. The Morgan fingerprint density at radius 1 is 1.44 bits per heavy atom. The van der Waals surface area contributed by atoms with Crippen LogP contribution in [0.3, 0.4) is 0 Å². The van der Waals surface area contributed by atoms with Crippen molar-refractivity contribution in [2.45, 2.75) is 6.10 Å². The molecular weight excluding hydrogens is 270 g/mol. The molecule has 0 saturated heterocycles. The van der Waals surface area contributed by atoms with Crippen LogP contribution in [0.1, 0.15) is 16.5 Å². The van der Waals surface area contributed by atoms with Gasteiger partial charge < -0.3 is 10.4 Å². The fourth-order valence-electron chi connectivity index (χ4n) is 1.42. The van der Waals surface area contributed by atoms with Crippen molar-refractivity contribution < 1.29 is 5.11 Å². The number of hydrogen-bond acceptors (Lipinski definition) is 5. The van der Waals surface area contributed by atoms with E-state index in [1.165, 1.54) is 11.3 Å². The summed E-state index contributed by atoms with van der Waals surface area (Å²) in [5.74, 6) is 0. The summed E-state index contributed by atoms with van der Waals surface area (Å²) < 4.78 is 0. The van der Waals surface area contributed by atoms with Gasteiger partial charge in [0.2, 0.25) is 0 Å². The molecule has 0 bridgehead atoms. The maximum atomic E-state index is 9.93. The van der Waals surface area contributed by atoms with E-state index in [-0.39, 0.29) is 5.15 Å². The number of nitrogens with one attached hydrogen (secondary N) is 1. The summed E-state index contributed by atoms with van der Waals surface area (Å²) in [6, 6.07) is 11.3. The molecule has 2 N–H and O–H groups in total. The van der Waals surface area contributed by atoms with Gasteiger partial charge in [-0.2, -0.15) is 5.26 Å². The molecule has 0 amide bonds. The van der Waals surface area contributed by atoms with E-state index in [9.17, 15) is 5.11 Å². The van der Waals surface area contributed by atoms with Crippen LogP contribution in [0, 0.1) is 11.3 Å². The van der Waals surface area contributed by atoms with Crippen LogP contribution in [0.5, 0.6) is 0 Å². The van der Waals surface area contributed by atoms with Gasteiger partial charge in [-0.05, 0) is 5.56 Å². The number of thiazole rings is 1. The predicted molar refractivity (Wildman–Crippen MR) is 71.7 cm³/mol. The van der Waals surface area contributed by atoms with Gasteiger partial charge in [0.1, 0.15) is 10.9 Å². The molecule has 2 aromatic rings. The zero-order valence-electron chi connectivity index (χ0n) is 9.30. The minimum atomic E-state index is -0.626. The van der Waals surface area contributed by atoms with Gasteiger partial charge in [-0.1, -0.05) is 53.3 Å². The maximum absolute atomic E-state index is 9.93. The molecule has 0 fully saturated rings. The molecule has 4 nitrogen and oxygen atoms in total. The molecule has 0 aliphatic carbocycles. The van der Waals surface area contributed by atoms with Crippen molar-refractivity contribution in [2.75, 3.05) is 11.9 Å². The first-order valence-corrected chi connectivity index (χ1v) is 6.43. The van der Waals surface area contributed by atoms with E-state index in [4.69, 9.17) is 16.9 Å². The lowest BCUT2D eigenvalue weighted by Crippen LogP contribution is -2.11. The van der Waals surface area contributed by atoms with E-state index >= 15 is 0 Å². The lowest BCUT2D eigenvalue weighted by atomic mass is 10.1. The molecule has 0 radical (unpaired) electrons. The molecule has 6 heteroatoms. The second-order valence-corrected chi connectivity index (χ2v) is 4.92. The molecule has 92 valence electrons. The van der Waals surface area contributed by atoms with E-state index in [2.05, 4.69) is 10.3 Å². The minimum absolute atomic E-state index is 0.194. The Morgan fingerprint density at radius 2 is 2.17 bits per heavy atom. The molecule has 0 spiro atoms. The third-order valence-corrected chi connectivity index (χ3v) is 3.62. The van der Waals surface area contributed by atoms with Gasteiger partial charge in [-0.3, -0.25) is 0 Å². The van der Waals surface area contributed by atoms with Gasteiger partial charge in [-0.15, -0.1) is 0 Å². The van der Waals surface area contributed by atoms with Crippen molar-refractivity contribution in [3.05, 3.63) is 45.9 Å². The van der Waals surface area contributed by atoms with Crippen molar-refractivity contribution in [3.63, 3.8) is 0 Å². The Morgan fingerprint density at radius 3 is 2.78 bits per heavy atom. The largest absolute Gasteiger partial charge is 0.387 e. The van der Waals surface area contributed by atoms with Crippen LogP contribution in [-0.2, 0) is 0 Å². The third-order valence-electron chi connectivity index (χ3n) is 2.32. The molecular formula is C12H10ClN3OS. The second kappa shape index (κ2) is 5.83. The maximum Gasteiger partial charge on any atom is 0.185 e. The number of benzene rings is 1. The van der Waals surface area contributed by atoms with Crippen molar-refractivity contribution in [1.29, 1.82) is 5.26 Å². The summed E-state index contributed by atoms with van der Waals surface area (Å²) in [6.07, 6.45) is -0.626. The highest BCUT2D eigenvalue weighted by Gasteiger charge is 2.11. The van der Waals surface area contributed by atoms with E-state index in [1.54, 1.807) is 0 Å². The molecule has 0 saturated carbocycles. The van der Waals surface area contributed by atoms with Gasteiger partial charge in [-0.25, -0.2) is 4.98 Å².